The Labute approximate surface area is 114 Å². The van der Waals surface area contributed by atoms with Gasteiger partial charge in [0.15, 0.2) is 11.5 Å². The van der Waals surface area contributed by atoms with Crippen LogP contribution in [0.15, 0.2) is 18.2 Å². The molecule has 0 aliphatic heterocycles. The Morgan fingerprint density at radius 2 is 2.11 bits per heavy atom. The highest BCUT2D eigenvalue weighted by Crippen LogP contribution is 2.32. The maximum Gasteiger partial charge on any atom is 0.258 e. The van der Waals surface area contributed by atoms with Crippen molar-refractivity contribution in [2.75, 3.05) is 11.9 Å². The number of hydrogen-bond donors (Lipinski definition) is 2. The molecule has 98 valence electrons. The maximum atomic E-state index is 12.4. The first-order valence-electron chi connectivity index (χ1n) is 6.03. The number of rotatable bonds is 4. The van der Waals surface area contributed by atoms with E-state index in [0.717, 1.165) is 19.3 Å². The van der Waals surface area contributed by atoms with Crippen molar-refractivity contribution in [3.05, 3.63) is 23.8 Å². The van der Waals surface area contributed by atoms with Gasteiger partial charge in [0.2, 0.25) is 0 Å². The molecule has 4 nitrogen and oxygen atoms in total. The standard InChI is InChI=1S/C13H16BrNO3/c14-7-8-15(9-3-1-4-9)13(18)10-5-2-6-11(16)12(10)17/h2,5-6,9,16-17H,1,3-4,7-8H2. The smallest absolute Gasteiger partial charge is 0.258 e. The number of benzene rings is 1. The molecular weight excluding hydrogens is 298 g/mol. The van der Waals surface area contributed by atoms with Crippen molar-refractivity contribution < 1.29 is 15.0 Å². The predicted octanol–water partition coefficient (Wildman–Crippen LogP) is 2.49. The Bertz CT molecular complexity index is 446. The number of halogens is 1. The zero-order valence-corrected chi connectivity index (χ0v) is 11.6. The number of nitrogens with zero attached hydrogens (tertiary/aromatic N) is 1. The lowest BCUT2D eigenvalue weighted by atomic mass is 9.91. The lowest BCUT2D eigenvalue weighted by Gasteiger charge is -2.37. The van der Waals surface area contributed by atoms with Crippen LogP contribution in [0.2, 0.25) is 0 Å². The molecule has 1 amide bonds. The monoisotopic (exact) mass is 313 g/mol. The van der Waals surface area contributed by atoms with Crippen LogP contribution in [0.25, 0.3) is 0 Å². The summed E-state index contributed by atoms with van der Waals surface area (Å²) in [7, 11) is 0. The quantitative estimate of drug-likeness (QED) is 0.663. The highest BCUT2D eigenvalue weighted by Gasteiger charge is 2.30. The van der Waals surface area contributed by atoms with Crippen LogP contribution >= 0.6 is 15.9 Å². The van der Waals surface area contributed by atoms with E-state index in [-0.39, 0.29) is 29.0 Å². The van der Waals surface area contributed by atoms with Crippen LogP contribution in [-0.4, -0.2) is 38.9 Å². The van der Waals surface area contributed by atoms with Crippen molar-refractivity contribution in [1.82, 2.24) is 4.90 Å². The van der Waals surface area contributed by atoms with Crippen molar-refractivity contribution in [2.24, 2.45) is 0 Å². The summed E-state index contributed by atoms with van der Waals surface area (Å²) in [5, 5.41) is 19.9. The number of amides is 1. The molecule has 5 heteroatoms. The fourth-order valence-electron chi connectivity index (χ4n) is 2.10. The molecule has 0 saturated heterocycles. The molecule has 2 N–H and O–H groups in total. The van der Waals surface area contributed by atoms with Crippen molar-refractivity contribution in [3.63, 3.8) is 0 Å². The first-order valence-corrected chi connectivity index (χ1v) is 7.15. The van der Waals surface area contributed by atoms with Crippen molar-refractivity contribution in [2.45, 2.75) is 25.3 Å². The van der Waals surface area contributed by atoms with Gasteiger partial charge in [0.1, 0.15) is 0 Å². The molecule has 1 aromatic rings. The summed E-state index contributed by atoms with van der Waals surface area (Å²) in [6.07, 6.45) is 3.17. The van der Waals surface area contributed by atoms with Crippen LogP contribution < -0.4 is 0 Å². The average molecular weight is 314 g/mol. The first kappa shape index (κ1) is 13.2. The number of phenols is 2. The number of carbonyl (C=O) groups excluding carboxylic acids is 1. The van der Waals surface area contributed by atoms with Crippen LogP contribution in [0.1, 0.15) is 29.6 Å². The zero-order chi connectivity index (χ0) is 13.1. The summed E-state index contributed by atoms with van der Waals surface area (Å²) in [5.74, 6) is -0.804. The second-order valence-electron chi connectivity index (χ2n) is 4.45. The van der Waals surface area contributed by atoms with Crippen LogP contribution in [-0.2, 0) is 0 Å². The van der Waals surface area contributed by atoms with E-state index in [1.54, 1.807) is 11.0 Å². The molecule has 0 aromatic heterocycles. The third-order valence-corrected chi connectivity index (χ3v) is 3.70. The molecule has 2 rings (SSSR count). The number of para-hydroxylation sites is 1. The van der Waals surface area contributed by atoms with Gasteiger partial charge in [-0.3, -0.25) is 4.79 Å². The molecule has 1 saturated carbocycles. The summed E-state index contributed by atoms with van der Waals surface area (Å²) in [6, 6.07) is 4.73. The van der Waals surface area contributed by atoms with Crippen LogP contribution in [0, 0.1) is 0 Å². The third kappa shape index (κ3) is 2.46. The van der Waals surface area contributed by atoms with Gasteiger partial charge in [0.05, 0.1) is 5.56 Å². The average Bonchev–Trinajstić information content (AvgIpc) is 2.29. The predicted molar refractivity (Wildman–Crippen MR) is 72.2 cm³/mol. The summed E-state index contributed by atoms with van der Waals surface area (Å²) in [6.45, 7) is 0.610. The molecule has 0 heterocycles. The minimum Gasteiger partial charge on any atom is -0.504 e. The Kier molecular flexibility index (Phi) is 4.11. The second kappa shape index (κ2) is 5.61. The largest absolute Gasteiger partial charge is 0.504 e. The first-order chi connectivity index (χ1) is 8.65. The van der Waals surface area contributed by atoms with Gasteiger partial charge in [-0.2, -0.15) is 0 Å². The van der Waals surface area contributed by atoms with E-state index < -0.39 is 0 Å². The van der Waals surface area contributed by atoms with Crippen molar-refractivity contribution in [3.8, 4) is 11.5 Å². The molecule has 1 aliphatic carbocycles. The summed E-state index contributed by atoms with van der Waals surface area (Å²) < 4.78 is 0. The van der Waals surface area contributed by atoms with Crippen LogP contribution in [0.3, 0.4) is 0 Å². The zero-order valence-electron chi connectivity index (χ0n) is 9.97. The molecule has 1 fully saturated rings. The third-order valence-electron chi connectivity index (χ3n) is 3.35. The number of aromatic hydroxyl groups is 2. The van der Waals surface area contributed by atoms with Crippen LogP contribution in [0.5, 0.6) is 11.5 Å². The molecule has 0 spiro atoms. The van der Waals surface area contributed by atoms with Gasteiger partial charge < -0.3 is 15.1 Å². The van der Waals surface area contributed by atoms with Gasteiger partial charge >= 0.3 is 0 Å². The van der Waals surface area contributed by atoms with Crippen molar-refractivity contribution in [1.29, 1.82) is 0 Å². The Hall–Kier alpha value is -1.23. The normalized spacial score (nSPS) is 15.2. The molecule has 1 aromatic carbocycles. The van der Waals surface area contributed by atoms with Gasteiger partial charge in [-0.25, -0.2) is 0 Å². The minimum atomic E-state index is -0.332. The molecule has 18 heavy (non-hydrogen) atoms. The Morgan fingerprint density at radius 3 is 2.67 bits per heavy atom. The van der Waals surface area contributed by atoms with E-state index in [2.05, 4.69) is 15.9 Å². The highest BCUT2D eigenvalue weighted by molar-refractivity contribution is 9.09. The molecular formula is C13H16BrNO3. The van der Waals surface area contributed by atoms with E-state index >= 15 is 0 Å². The Morgan fingerprint density at radius 1 is 1.39 bits per heavy atom. The van der Waals surface area contributed by atoms with E-state index in [4.69, 9.17) is 0 Å². The topological polar surface area (TPSA) is 60.8 Å². The molecule has 0 bridgehead atoms. The number of phenolic OH excluding ortho intramolecular Hbond substituents is 2. The lowest BCUT2D eigenvalue weighted by Crippen LogP contribution is -2.45. The summed E-state index contributed by atoms with van der Waals surface area (Å²) in [5.41, 5.74) is 0.169. The SMILES string of the molecule is O=C(c1cccc(O)c1O)N(CCBr)C1CCC1. The Balaban J connectivity index is 2.24. The summed E-state index contributed by atoms with van der Waals surface area (Å²) in [4.78, 5) is 14.1. The minimum absolute atomic E-state index is 0.169. The lowest BCUT2D eigenvalue weighted by molar-refractivity contribution is 0.0596. The van der Waals surface area contributed by atoms with Crippen LogP contribution in [0.4, 0.5) is 0 Å². The number of hydrogen-bond acceptors (Lipinski definition) is 3. The van der Waals surface area contributed by atoms with E-state index in [1.165, 1.54) is 12.1 Å². The second-order valence-corrected chi connectivity index (χ2v) is 5.24. The maximum absolute atomic E-state index is 12.4. The number of alkyl halides is 1. The molecule has 0 radical (unpaired) electrons. The molecule has 0 unspecified atom stereocenters. The molecule has 0 atom stereocenters. The fourth-order valence-corrected chi connectivity index (χ4v) is 2.48. The van der Waals surface area contributed by atoms with E-state index in [0.29, 0.717) is 11.9 Å². The van der Waals surface area contributed by atoms with E-state index in [9.17, 15) is 15.0 Å². The fraction of sp³-hybridized carbons (Fsp3) is 0.462. The molecule has 1 aliphatic rings. The van der Waals surface area contributed by atoms with Gasteiger partial charge in [-0.1, -0.05) is 22.0 Å². The number of carbonyl (C=O) groups is 1. The van der Waals surface area contributed by atoms with Gasteiger partial charge in [-0.05, 0) is 31.4 Å². The van der Waals surface area contributed by atoms with Gasteiger partial charge in [0.25, 0.3) is 5.91 Å². The van der Waals surface area contributed by atoms with E-state index in [1.807, 2.05) is 0 Å². The van der Waals surface area contributed by atoms with Gasteiger partial charge in [0, 0.05) is 17.9 Å². The summed E-state index contributed by atoms with van der Waals surface area (Å²) >= 11 is 3.34. The highest BCUT2D eigenvalue weighted by atomic mass is 79.9. The van der Waals surface area contributed by atoms with Crippen molar-refractivity contribution >= 4 is 21.8 Å². The van der Waals surface area contributed by atoms with Gasteiger partial charge in [-0.15, -0.1) is 0 Å².